The van der Waals surface area contributed by atoms with Crippen LogP contribution >= 0.6 is 0 Å². The van der Waals surface area contributed by atoms with E-state index in [0.717, 1.165) is 0 Å². The van der Waals surface area contributed by atoms with E-state index >= 15 is 0 Å². The van der Waals surface area contributed by atoms with Crippen molar-refractivity contribution in [1.29, 1.82) is 0 Å². The van der Waals surface area contributed by atoms with E-state index in [0.29, 0.717) is 0 Å². The van der Waals surface area contributed by atoms with Crippen LogP contribution in [0.15, 0.2) is 0 Å². The van der Waals surface area contributed by atoms with Crippen LogP contribution in [-0.2, 0) is 4.74 Å². The van der Waals surface area contributed by atoms with Gasteiger partial charge in [0.2, 0.25) is 0 Å². The van der Waals surface area contributed by atoms with Crippen molar-refractivity contribution in [3.63, 3.8) is 0 Å². The molecule has 1 heterocycles. The van der Waals surface area contributed by atoms with Gasteiger partial charge in [-0.15, -0.1) is 0 Å². The average molecular weight is 198 g/mol. The molecule has 0 atom stereocenters. The van der Waals surface area contributed by atoms with E-state index in [-0.39, 0.29) is 22.0 Å². The first-order valence-electron chi connectivity index (χ1n) is 5.62. The predicted molar refractivity (Wildman–Crippen MR) is 61.4 cm³/mol. The zero-order chi connectivity index (χ0) is 11.4. The van der Waals surface area contributed by atoms with Crippen LogP contribution in [0.2, 0.25) is 0 Å². The summed E-state index contributed by atoms with van der Waals surface area (Å²) in [7, 11) is 0. The van der Waals surface area contributed by atoms with E-state index in [1.807, 2.05) is 0 Å². The van der Waals surface area contributed by atoms with Crippen molar-refractivity contribution in [2.75, 3.05) is 0 Å². The highest BCUT2D eigenvalue weighted by molar-refractivity contribution is 5.03. The topological polar surface area (TPSA) is 9.23 Å². The molecule has 1 nitrogen and oxygen atoms in total. The van der Waals surface area contributed by atoms with Crippen molar-refractivity contribution in [1.82, 2.24) is 0 Å². The summed E-state index contributed by atoms with van der Waals surface area (Å²) in [6.45, 7) is 18.1. The molecule has 0 amide bonds. The summed E-state index contributed by atoms with van der Waals surface area (Å²) >= 11 is 0. The fourth-order valence-electron chi connectivity index (χ4n) is 2.44. The summed E-state index contributed by atoms with van der Waals surface area (Å²) in [6.07, 6.45) is 1.21. The highest BCUT2D eigenvalue weighted by Crippen LogP contribution is 2.55. The average Bonchev–Trinajstić information content (AvgIpc) is 1.78. The quantitative estimate of drug-likeness (QED) is 0.571. The van der Waals surface area contributed by atoms with Gasteiger partial charge in [-0.3, -0.25) is 0 Å². The Bertz CT molecular complexity index is 184. The Morgan fingerprint density at radius 2 is 0.929 bits per heavy atom. The van der Waals surface area contributed by atoms with E-state index in [4.69, 9.17) is 4.74 Å². The SMILES string of the molecule is CC1(C)CC(C)(C)C(C)(C)OC1(C)C. The molecule has 1 heteroatoms. The molecule has 1 rings (SSSR count). The largest absolute Gasteiger partial charge is 0.369 e. The van der Waals surface area contributed by atoms with Crippen LogP contribution in [0.3, 0.4) is 0 Å². The fourth-order valence-corrected chi connectivity index (χ4v) is 2.44. The molecular formula is C13H26O. The maximum atomic E-state index is 6.29. The molecule has 0 aliphatic carbocycles. The van der Waals surface area contributed by atoms with Gasteiger partial charge in [0.05, 0.1) is 11.2 Å². The van der Waals surface area contributed by atoms with Crippen molar-refractivity contribution in [3.8, 4) is 0 Å². The number of hydrogen-bond donors (Lipinski definition) is 0. The van der Waals surface area contributed by atoms with Gasteiger partial charge in [0.25, 0.3) is 0 Å². The smallest absolute Gasteiger partial charge is 0.0684 e. The maximum absolute atomic E-state index is 6.29. The van der Waals surface area contributed by atoms with E-state index in [2.05, 4.69) is 55.4 Å². The van der Waals surface area contributed by atoms with Crippen LogP contribution in [0.5, 0.6) is 0 Å². The molecule has 0 N–H and O–H groups in total. The Hall–Kier alpha value is -0.0400. The first-order chi connectivity index (χ1) is 5.91. The van der Waals surface area contributed by atoms with Crippen molar-refractivity contribution in [3.05, 3.63) is 0 Å². The summed E-state index contributed by atoms with van der Waals surface area (Å²) < 4.78 is 6.29. The van der Waals surface area contributed by atoms with Crippen molar-refractivity contribution in [2.24, 2.45) is 10.8 Å². The number of ether oxygens (including phenoxy) is 1. The lowest BCUT2D eigenvalue weighted by Crippen LogP contribution is -2.60. The van der Waals surface area contributed by atoms with Gasteiger partial charge >= 0.3 is 0 Å². The summed E-state index contributed by atoms with van der Waals surface area (Å²) in [4.78, 5) is 0. The number of rotatable bonds is 0. The molecule has 1 fully saturated rings. The molecule has 1 aliphatic heterocycles. The molecule has 14 heavy (non-hydrogen) atoms. The monoisotopic (exact) mass is 198 g/mol. The Morgan fingerprint density at radius 1 is 0.643 bits per heavy atom. The van der Waals surface area contributed by atoms with Gasteiger partial charge in [-0.2, -0.15) is 0 Å². The molecule has 0 aromatic heterocycles. The predicted octanol–water partition coefficient (Wildman–Crippen LogP) is 4.02. The van der Waals surface area contributed by atoms with E-state index in [1.165, 1.54) is 6.42 Å². The molecule has 0 saturated carbocycles. The highest BCUT2D eigenvalue weighted by atomic mass is 16.5. The minimum atomic E-state index is -0.0357. The molecule has 0 unspecified atom stereocenters. The van der Waals surface area contributed by atoms with Crippen molar-refractivity contribution in [2.45, 2.75) is 73.0 Å². The van der Waals surface area contributed by atoms with Gasteiger partial charge < -0.3 is 4.74 Å². The second-order valence-corrected chi connectivity index (χ2v) is 7.07. The Labute approximate surface area is 89.2 Å². The van der Waals surface area contributed by atoms with Gasteiger partial charge in [0.15, 0.2) is 0 Å². The van der Waals surface area contributed by atoms with Gasteiger partial charge in [0, 0.05) is 0 Å². The summed E-state index contributed by atoms with van der Waals surface area (Å²) in [6, 6.07) is 0. The maximum Gasteiger partial charge on any atom is 0.0684 e. The van der Waals surface area contributed by atoms with Gasteiger partial charge in [0.1, 0.15) is 0 Å². The van der Waals surface area contributed by atoms with Crippen LogP contribution in [0, 0.1) is 10.8 Å². The van der Waals surface area contributed by atoms with E-state index in [1.54, 1.807) is 0 Å². The first kappa shape index (κ1) is 12.0. The van der Waals surface area contributed by atoms with Crippen LogP contribution in [0.1, 0.15) is 61.8 Å². The molecule has 0 radical (unpaired) electrons. The molecule has 0 aromatic rings. The minimum absolute atomic E-state index is 0.0357. The normalized spacial score (nSPS) is 32.6. The van der Waals surface area contributed by atoms with Crippen molar-refractivity contribution < 1.29 is 4.74 Å². The fraction of sp³-hybridized carbons (Fsp3) is 1.00. The van der Waals surface area contributed by atoms with Gasteiger partial charge in [-0.25, -0.2) is 0 Å². The molecule has 1 aliphatic rings. The van der Waals surface area contributed by atoms with Crippen LogP contribution in [0.25, 0.3) is 0 Å². The van der Waals surface area contributed by atoms with Crippen LogP contribution in [0.4, 0.5) is 0 Å². The van der Waals surface area contributed by atoms with Crippen LogP contribution < -0.4 is 0 Å². The first-order valence-corrected chi connectivity index (χ1v) is 5.62. The van der Waals surface area contributed by atoms with E-state index < -0.39 is 0 Å². The van der Waals surface area contributed by atoms with Gasteiger partial charge in [-0.05, 0) is 44.9 Å². The Kier molecular flexibility index (Phi) is 2.36. The Morgan fingerprint density at radius 3 is 1.14 bits per heavy atom. The third kappa shape index (κ3) is 1.60. The standard InChI is InChI=1S/C13H26O/c1-10(2)9-11(3,4)13(7,8)14-12(10,5)6/h9H2,1-8H3. The lowest BCUT2D eigenvalue weighted by atomic mass is 9.59. The molecule has 84 valence electrons. The lowest BCUT2D eigenvalue weighted by Gasteiger charge is -2.59. The summed E-state index contributed by atoms with van der Waals surface area (Å²) in [5.74, 6) is 0. The third-order valence-corrected chi connectivity index (χ3v) is 4.65. The molecule has 1 saturated heterocycles. The molecular weight excluding hydrogens is 172 g/mol. The van der Waals surface area contributed by atoms with E-state index in [9.17, 15) is 0 Å². The highest BCUT2D eigenvalue weighted by Gasteiger charge is 2.55. The second-order valence-electron chi connectivity index (χ2n) is 7.07. The Balaban J connectivity index is 3.07. The molecule has 0 spiro atoms. The third-order valence-electron chi connectivity index (χ3n) is 4.65. The van der Waals surface area contributed by atoms with Crippen molar-refractivity contribution >= 4 is 0 Å². The van der Waals surface area contributed by atoms with Gasteiger partial charge in [-0.1, -0.05) is 27.7 Å². The summed E-state index contributed by atoms with van der Waals surface area (Å²) in [5.41, 5.74) is 0.413. The molecule has 0 aromatic carbocycles. The summed E-state index contributed by atoms with van der Waals surface area (Å²) in [5, 5.41) is 0. The zero-order valence-corrected chi connectivity index (χ0v) is 11.1. The van der Waals surface area contributed by atoms with Crippen LogP contribution in [-0.4, -0.2) is 11.2 Å². The minimum Gasteiger partial charge on any atom is -0.369 e. The second kappa shape index (κ2) is 2.75. The lowest BCUT2D eigenvalue weighted by molar-refractivity contribution is -0.265. The molecule has 0 bridgehead atoms. The zero-order valence-electron chi connectivity index (χ0n) is 11.1. The number of hydrogen-bond acceptors (Lipinski definition) is 1.